The smallest absolute Gasteiger partial charge is 0.253 e. The van der Waals surface area contributed by atoms with Crippen LogP contribution in [0.4, 0.5) is 0 Å². The summed E-state index contributed by atoms with van der Waals surface area (Å²) in [6.45, 7) is 0.386. The van der Waals surface area contributed by atoms with E-state index in [4.69, 9.17) is 0 Å². The maximum absolute atomic E-state index is 12.7. The van der Waals surface area contributed by atoms with Crippen molar-refractivity contribution in [2.24, 2.45) is 0 Å². The van der Waals surface area contributed by atoms with Crippen LogP contribution in [-0.4, -0.2) is 32.4 Å². The number of benzene rings is 1. The Bertz CT molecular complexity index is 856. The van der Waals surface area contributed by atoms with Crippen LogP contribution in [0, 0.1) is 0 Å². The fourth-order valence-electron chi connectivity index (χ4n) is 3.98. The highest BCUT2D eigenvalue weighted by Gasteiger charge is 2.39. The van der Waals surface area contributed by atoms with Crippen molar-refractivity contribution < 1.29 is 4.79 Å². The molecule has 1 aromatic heterocycles. The molecule has 4 rings (SSSR count). The number of fused-ring (bicyclic) bond motifs is 2. The van der Waals surface area contributed by atoms with Gasteiger partial charge in [-0.2, -0.15) is 0 Å². The molecule has 2 bridgehead atoms. The summed E-state index contributed by atoms with van der Waals surface area (Å²) in [4.78, 5) is 30.5. The van der Waals surface area contributed by atoms with E-state index in [0.29, 0.717) is 13.0 Å². The summed E-state index contributed by atoms with van der Waals surface area (Å²) in [7, 11) is 0. The Morgan fingerprint density at radius 2 is 2.00 bits per heavy atom. The fraction of sp³-hybridized carbons (Fsp3) is 0.350. The van der Waals surface area contributed by atoms with Crippen LogP contribution in [0.5, 0.6) is 0 Å². The van der Waals surface area contributed by atoms with E-state index in [-0.39, 0.29) is 23.6 Å². The normalized spacial score (nSPS) is 21.9. The molecule has 1 fully saturated rings. The summed E-state index contributed by atoms with van der Waals surface area (Å²) < 4.78 is 1.50. The van der Waals surface area contributed by atoms with Crippen LogP contribution in [-0.2, 0) is 11.3 Å². The van der Waals surface area contributed by atoms with Crippen molar-refractivity contribution in [1.29, 1.82) is 0 Å². The molecule has 1 saturated heterocycles. The number of carbonyl (C=O) groups excluding carboxylic acids is 1. The van der Waals surface area contributed by atoms with Crippen LogP contribution in [0.25, 0.3) is 5.57 Å². The lowest BCUT2D eigenvalue weighted by molar-refractivity contribution is -0.133. The van der Waals surface area contributed by atoms with Crippen molar-refractivity contribution in [2.45, 2.75) is 44.3 Å². The molecule has 25 heavy (non-hydrogen) atoms. The Morgan fingerprint density at radius 3 is 2.76 bits per heavy atom. The van der Waals surface area contributed by atoms with Gasteiger partial charge in [0, 0.05) is 31.3 Å². The number of aryl methyl sites for hydroxylation is 1. The SMILES string of the molecule is O=C(CCn1cnccc1=O)N1C2C=C(c3ccccc3)CC1CC2. The van der Waals surface area contributed by atoms with E-state index in [1.165, 1.54) is 34.3 Å². The first-order valence-corrected chi connectivity index (χ1v) is 8.80. The first-order chi connectivity index (χ1) is 12.2. The summed E-state index contributed by atoms with van der Waals surface area (Å²) in [6.07, 6.45) is 8.56. The first kappa shape index (κ1) is 15.8. The molecular formula is C20H21N3O2. The summed E-state index contributed by atoms with van der Waals surface area (Å²) in [5.41, 5.74) is 2.49. The van der Waals surface area contributed by atoms with Crippen LogP contribution in [0.2, 0.25) is 0 Å². The predicted molar refractivity (Wildman–Crippen MR) is 95.8 cm³/mol. The van der Waals surface area contributed by atoms with Crippen molar-refractivity contribution in [1.82, 2.24) is 14.5 Å². The number of hydrogen-bond acceptors (Lipinski definition) is 3. The molecule has 2 atom stereocenters. The van der Waals surface area contributed by atoms with Gasteiger partial charge in [0.25, 0.3) is 5.56 Å². The maximum Gasteiger partial charge on any atom is 0.253 e. The number of carbonyl (C=O) groups is 1. The molecule has 1 aromatic carbocycles. The van der Waals surface area contributed by atoms with E-state index in [0.717, 1.165) is 19.3 Å². The van der Waals surface area contributed by atoms with E-state index < -0.39 is 0 Å². The largest absolute Gasteiger partial charge is 0.333 e. The maximum atomic E-state index is 12.7. The third-order valence-corrected chi connectivity index (χ3v) is 5.19. The minimum atomic E-state index is -0.115. The van der Waals surface area contributed by atoms with Crippen molar-refractivity contribution in [3.8, 4) is 0 Å². The molecule has 0 N–H and O–H groups in total. The summed E-state index contributed by atoms with van der Waals surface area (Å²) in [5.74, 6) is 0.131. The van der Waals surface area contributed by atoms with Gasteiger partial charge in [-0.25, -0.2) is 4.98 Å². The second-order valence-corrected chi connectivity index (χ2v) is 6.72. The highest BCUT2D eigenvalue weighted by Crippen LogP contribution is 2.38. The van der Waals surface area contributed by atoms with Gasteiger partial charge < -0.3 is 4.90 Å². The Hall–Kier alpha value is -2.69. The number of aromatic nitrogens is 2. The summed E-state index contributed by atoms with van der Waals surface area (Å²) >= 11 is 0. The van der Waals surface area contributed by atoms with E-state index in [1.807, 2.05) is 11.0 Å². The number of hydrogen-bond donors (Lipinski definition) is 0. The van der Waals surface area contributed by atoms with E-state index in [1.54, 1.807) is 0 Å². The lowest BCUT2D eigenvalue weighted by Gasteiger charge is -2.34. The average molecular weight is 335 g/mol. The molecule has 2 aromatic rings. The van der Waals surface area contributed by atoms with Gasteiger partial charge >= 0.3 is 0 Å². The number of amides is 1. The van der Waals surface area contributed by atoms with Crippen LogP contribution in [0.1, 0.15) is 31.2 Å². The van der Waals surface area contributed by atoms with Gasteiger partial charge in [0.1, 0.15) is 0 Å². The second kappa shape index (κ2) is 6.67. The predicted octanol–water partition coefficient (Wildman–Crippen LogP) is 2.48. The molecule has 2 unspecified atom stereocenters. The molecule has 5 heteroatoms. The Morgan fingerprint density at radius 1 is 1.16 bits per heavy atom. The zero-order valence-corrected chi connectivity index (χ0v) is 14.0. The van der Waals surface area contributed by atoms with Gasteiger partial charge in [-0.3, -0.25) is 14.2 Å². The molecule has 1 amide bonds. The molecule has 2 aliphatic rings. The van der Waals surface area contributed by atoms with E-state index >= 15 is 0 Å². The lowest BCUT2D eigenvalue weighted by Crippen LogP contribution is -2.43. The first-order valence-electron chi connectivity index (χ1n) is 8.80. The topological polar surface area (TPSA) is 55.2 Å². The van der Waals surface area contributed by atoms with Gasteiger partial charge in [0.15, 0.2) is 0 Å². The minimum Gasteiger partial charge on any atom is -0.333 e. The molecule has 3 heterocycles. The van der Waals surface area contributed by atoms with Gasteiger partial charge in [0.2, 0.25) is 5.91 Å². The summed E-state index contributed by atoms with van der Waals surface area (Å²) in [5, 5.41) is 0. The van der Waals surface area contributed by atoms with E-state index in [2.05, 4.69) is 35.3 Å². The summed E-state index contributed by atoms with van der Waals surface area (Å²) in [6, 6.07) is 12.3. The molecule has 0 aliphatic carbocycles. The molecule has 0 spiro atoms. The molecule has 5 nitrogen and oxygen atoms in total. The minimum absolute atomic E-state index is 0.115. The standard InChI is InChI=1S/C20H21N3O2/c24-19-8-10-21-14-22(19)11-9-20(25)23-17-6-7-18(23)13-16(12-17)15-4-2-1-3-5-15/h1-5,8,10,12,14,17-18H,6-7,9,11,13H2. The number of rotatable bonds is 4. The zero-order chi connectivity index (χ0) is 17.2. The van der Waals surface area contributed by atoms with Gasteiger partial charge in [-0.05, 0) is 30.4 Å². The van der Waals surface area contributed by atoms with Crippen molar-refractivity contribution in [2.75, 3.05) is 0 Å². The molecule has 2 aliphatic heterocycles. The van der Waals surface area contributed by atoms with Crippen LogP contribution in [0.15, 0.2) is 59.8 Å². The highest BCUT2D eigenvalue weighted by molar-refractivity contribution is 5.80. The quantitative estimate of drug-likeness (QED) is 0.862. The van der Waals surface area contributed by atoms with Gasteiger partial charge in [-0.1, -0.05) is 36.4 Å². The Balaban J connectivity index is 1.47. The lowest BCUT2D eigenvalue weighted by atomic mass is 9.94. The Kier molecular flexibility index (Phi) is 4.22. The van der Waals surface area contributed by atoms with Crippen molar-refractivity contribution in [3.63, 3.8) is 0 Å². The van der Waals surface area contributed by atoms with Crippen LogP contribution in [0.3, 0.4) is 0 Å². The van der Waals surface area contributed by atoms with Crippen molar-refractivity contribution in [3.05, 3.63) is 70.9 Å². The van der Waals surface area contributed by atoms with Gasteiger partial charge in [-0.15, -0.1) is 0 Å². The third kappa shape index (κ3) is 3.14. The second-order valence-electron chi connectivity index (χ2n) is 6.72. The fourth-order valence-corrected chi connectivity index (χ4v) is 3.98. The zero-order valence-electron chi connectivity index (χ0n) is 14.0. The monoisotopic (exact) mass is 335 g/mol. The molecule has 128 valence electrons. The Labute approximate surface area is 146 Å². The molecular weight excluding hydrogens is 314 g/mol. The highest BCUT2D eigenvalue weighted by atomic mass is 16.2. The number of nitrogens with zero attached hydrogens (tertiary/aromatic N) is 3. The molecule has 0 saturated carbocycles. The van der Waals surface area contributed by atoms with Gasteiger partial charge in [0.05, 0.1) is 12.4 Å². The van der Waals surface area contributed by atoms with Crippen molar-refractivity contribution >= 4 is 11.5 Å². The molecule has 0 radical (unpaired) electrons. The van der Waals surface area contributed by atoms with E-state index in [9.17, 15) is 9.59 Å². The van der Waals surface area contributed by atoms with Crippen LogP contribution < -0.4 is 5.56 Å². The average Bonchev–Trinajstić information content (AvgIpc) is 2.91. The third-order valence-electron chi connectivity index (χ3n) is 5.19. The van der Waals surface area contributed by atoms with Crippen LogP contribution >= 0.6 is 0 Å².